The fourth-order valence-corrected chi connectivity index (χ4v) is 3.23. The molecule has 2 heterocycles. The Balaban J connectivity index is 1.49. The molecule has 6 heteroatoms. The number of carbonyl (C=O) groups is 2. The normalized spacial score (nSPS) is 26.3. The summed E-state index contributed by atoms with van der Waals surface area (Å²) in [5, 5.41) is 5.80. The van der Waals surface area contributed by atoms with Gasteiger partial charge in [0.25, 0.3) is 0 Å². The molecule has 3 amide bonds. The Kier molecular flexibility index (Phi) is 3.24. The Morgan fingerprint density at radius 1 is 1.32 bits per heavy atom. The van der Waals surface area contributed by atoms with Gasteiger partial charge in [-0.15, -0.1) is 0 Å². The number of hydrogen-bond donors (Lipinski definition) is 2. The van der Waals surface area contributed by atoms with E-state index in [0.717, 1.165) is 25.7 Å². The first kappa shape index (κ1) is 12.6. The number of urea groups is 1. The lowest BCUT2D eigenvalue weighted by Gasteiger charge is -2.37. The maximum atomic E-state index is 12.1. The van der Waals surface area contributed by atoms with Crippen LogP contribution in [0.1, 0.15) is 38.5 Å². The summed E-state index contributed by atoms with van der Waals surface area (Å²) in [4.78, 5) is 25.1. The molecule has 0 unspecified atom stereocenters. The third-order valence-corrected chi connectivity index (χ3v) is 4.51. The van der Waals surface area contributed by atoms with Crippen molar-refractivity contribution in [2.45, 2.75) is 50.2 Å². The Morgan fingerprint density at radius 3 is 2.58 bits per heavy atom. The Labute approximate surface area is 112 Å². The van der Waals surface area contributed by atoms with Crippen LogP contribution in [0.5, 0.6) is 0 Å². The fourth-order valence-electron chi connectivity index (χ4n) is 3.23. The third kappa shape index (κ3) is 2.62. The van der Waals surface area contributed by atoms with Crippen molar-refractivity contribution in [2.75, 3.05) is 19.6 Å². The van der Waals surface area contributed by atoms with E-state index in [1.165, 1.54) is 12.8 Å². The van der Waals surface area contributed by atoms with E-state index in [-0.39, 0.29) is 17.7 Å². The highest BCUT2D eigenvalue weighted by atomic mass is 16.6. The third-order valence-electron chi connectivity index (χ3n) is 4.51. The van der Waals surface area contributed by atoms with E-state index in [1.54, 1.807) is 0 Å². The molecule has 0 aromatic heterocycles. The summed E-state index contributed by atoms with van der Waals surface area (Å²) >= 11 is 0. The van der Waals surface area contributed by atoms with Crippen LogP contribution in [-0.2, 0) is 4.74 Å². The molecular weight excluding hydrogens is 246 g/mol. The second-order valence-electron chi connectivity index (χ2n) is 5.84. The number of likely N-dealkylation sites (tertiary alicyclic amines) is 1. The smallest absolute Gasteiger partial charge is 0.407 e. The van der Waals surface area contributed by atoms with Gasteiger partial charge in [0.15, 0.2) is 0 Å². The Morgan fingerprint density at radius 2 is 2.00 bits per heavy atom. The second kappa shape index (κ2) is 4.90. The van der Waals surface area contributed by atoms with Gasteiger partial charge in [-0.05, 0) is 12.8 Å². The van der Waals surface area contributed by atoms with Gasteiger partial charge in [0.1, 0.15) is 5.60 Å². The predicted octanol–water partition coefficient (Wildman–Crippen LogP) is 1.21. The van der Waals surface area contributed by atoms with Crippen LogP contribution >= 0.6 is 0 Å². The summed E-state index contributed by atoms with van der Waals surface area (Å²) in [5.74, 6) is 0. The van der Waals surface area contributed by atoms with Crippen molar-refractivity contribution in [3.63, 3.8) is 0 Å². The van der Waals surface area contributed by atoms with Crippen molar-refractivity contribution in [1.29, 1.82) is 0 Å². The molecule has 6 nitrogen and oxygen atoms in total. The molecule has 0 aromatic carbocycles. The van der Waals surface area contributed by atoms with Crippen molar-refractivity contribution in [3.8, 4) is 0 Å². The number of carbonyl (C=O) groups excluding carboxylic acids is 2. The largest absolute Gasteiger partial charge is 0.441 e. The molecule has 106 valence electrons. The van der Waals surface area contributed by atoms with Crippen LogP contribution in [0.4, 0.5) is 9.59 Å². The van der Waals surface area contributed by atoms with E-state index in [1.807, 2.05) is 4.90 Å². The van der Waals surface area contributed by atoms with E-state index < -0.39 is 0 Å². The zero-order chi connectivity index (χ0) is 13.3. The van der Waals surface area contributed by atoms with Gasteiger partial charge < -0.3 is 20.3 Å². The molecule has 1 spiro atoms. The molecule has 2 N–H and O–H groups in total. The number of nitrogens with one attached hydrogen (secondary N) is 2. The van der Waals surface area contributed by atoms with Crippen LogP contribution in [0.2, 0.25) is 0 Å². The first-order chi connectivity index (χ1) is 9.17. The number of piperidine rings is 1. The first-order valence-corrected chi connectivity index (χ1v) is 7.19. The van der Waals surface area contributed by atoms with Crippen molar-refractivity contribution < 1.29 is 14.3 Å². The standard InChI is InChI=1S/C13H21N3O3/c17-11(15-10-3-1-2-4-10)16-7-5-13(6-8-16)9-14-12(18)19-13/h10H,1-9H2,(H,14,18)(H,15,17). The second-order valence-corrected chi connectivity index (χ2v) is 5.84. The van der Waals surface area contributed by atoms with Crippen LogP contribution in [0.3, 0.4) is 0 Å². The quantitative estimate of drug-likeness (QED) is 0.750. The molecule has 0 aromatic rings. The highest BCUT2D eigenvalue weighted by Crippen LogP contribution is 2.29. The molecular formula is C13H21N3O3. The van der Waals surface area contributed by atoms with E-state index in [2.05, 4.69) is 10.6 Å². The molecule has 0 radical (unpaired) electrons. The van der Waals surface area contributed by atoms with Gasteiger partial charge in [-0.3, -0.25) is 0 Å². The molecule has 1 aliphatic carbocycles. The van der Waals surface area contributed by atoms with Crippen molar-refractivity contribution in [2.24, 2.45) is 0 Å². The average molecular weight is 267 g/mol. The molecule has 3 aliphatic rings. The van der Waals surface area contributed by atoms with E-state index >= 15 is 0 Å². The highest BCUT2D eigenvalue weighted by molar-refractivity contribution is 5.75. The number of amides is 3. The van der Waals surface area contributed by atoms with Crippen molar-refractivity contribution in [1.82, 2.24) is 15.5 Å². The Hall–Kier alpha value is -1.46. The number of hydrogen-bond acceptors (Lipinski definition) is 3. The maximum absolute atomic E-state index is 12.1. The molecule has 3 rings (SSSR count). The van der Waals surface area contributed by atoms with Crippen LogP contribution in [0, 0.1) is 0 Å². The maximum Gasteiger partial charge on any atom is 0.407 e. The SMILES string of the molecule is O=C1NCC2(CCN(C(=O)NC3CCCC3)CC2)O1. The molecule has 2 saturated heterocycles. The lowest BCUT2D eigenvalue weighted by Crippen LogP contribution is -2.52. The van der Waals surface area contributed by atoms with Crippen LogP contribution in [0.25, 0.3) is 0 Å². The summed E-state index contributed by atoms with van der Waals surface area (Å²) in [6, 6.07) is 0.397. The minimum atomic E-state index is -0.374. The van der Waals surface area contributed by atoms with Gasteiger partial charge in [-0.2, -0.15) is 0 Å². The van der Waals surface area contributed by atoms with Gasteiger partial charge >= 0.3 is 12.1 Å². The minimum Gasteiger partial charge on any atom is -0.441 e. The zero-order valence-corrected chi connectivity index (χ0v) is 11.1. The van der Waals surface area contributed by atoms with Crippen LogP contribution in [0.15, 0.2) is 0 Å². The van der Waals surface area contributed by atoms with Gasteiger partial charge in [-0.25, -0.2) is 9.59 Å². The topological polar surface area (TPSA) is 70.7 Å². The molecule has 0 bridgehead atoms. The van der Waals surface area contributed by atoms with Crippen LogP contribution < -0.4 is 10.6 Å². The number of ether oxygens (including phenoxy) is 1. The molecule has 2 aliphatic heterocycles. The monoisotopic (exact) mass is 267 g/mol. The van der Waals surface area contributed by atoms with Gasteiger partial charge in [0, 0.05) is 32.0 Å². The number of nitrogens with zero attached hydrogens (tertiary/aromatic N) is 1. The first-order valence-electron chi connectivity index (χ1n) is 7.19. The lowest BCUT2D eigenvalue weighted by molar-refractivity contribution is 0.00957. The zero-order valence-electron chi connectivity index (χ0n) is 11.1. The van der Waals surface area contributed by atoms with E-state index in [4.69, 9.17) is 4.74 Å². The molecule has 3 fully saturated rings. The van der Waals surface area contributed by atoms with E-state index in [9.17, 15) is 9.59 Å². The highest BCUT2D eigenvalue weighted by Gasteiger charge is 2.43. The number of alkyl carbamates (subject to hydrolysis) is 1. The van der Waals surface area contributed by atoms with E-state index in [0.29, 0.717) is 25.7 Å². The summed E-state index contributed by atoms with van der Waals surface area (Å²) in [5.41, 5.74) is -0.374. The summed E-state index contributed by atoms with van der Waals surface area (Å²) < 4.78 is 5.34. The van der Waals surface area contributed by atoms with Crippen molar-refractivity contribution >= 4 is 12.1 Å². The van der Waals surface area contributed by atoms with Crippen molar-refractivity contribution in [3.05, 3.63) is 0 Å². The van der Waals surface area contributed by atoms with Gasteiger partial charge in [0.05, 0.1) is 6.54 Å². The molecule has 0 atom stereocenters. The Bertz CT molecular complexity index is 371. The summed E-state index contributed by atoms with van der Waals surface area (Å²) in [6.07, 6.45) is 5.76. The van der Waals surface area contributed by atoms with Gasteiger partial charge in [-0.1, -0.05) is 12.8 Å². The number of rotatable bonds is 1. The summed E-state index contributed by atoms with van der Waals surface area (Å²) in [7, 11) is 0. The summed E-state index contributed by atoms with van der Waals surface area (Å²) in [6.45, 7) is 1.89. The predicted molar refractivity (Wildman–Crippen MR) is 68.8 cm³/mol. The average Bonchev–Trinajstić information content (AvgIpc) is 3.01. The lowest BCUT2D eigenvalue weighted by atomic mass is 9.92. The van der Waals surface area contributed by atoms with Gasteiger partial charge in [0.2, 0.25) is 0 Å². The molecule has 1 saturated carbocycles. The minimum absolute atomic E-state index is 0.0408. The van der Waals surface area contributed by atoms with Crippen LogP contribution in [-0.4, -0.2) is 48.3 Å². The fraction of sp³-hybridized carbons (Fsp3) is 0.846. The molecule has 19 heavy (non-hydrogen) atoms.